The fraction of sp³-hybridized carbons (Fsp3) is 0.769. The summed E-state index contributed by atoms with van der Waals surface area (Å²) in [5, 5.41) is 20.4. The number of aliphatic hydroxyl groups excluding tert-OH is 1. The maximum Gasteiger partial charge on any atom is 0.162 e. The summed E-state index contributed by atoms with van der Waals surface area (Å²) in [5.74, 6) is 0.00778. The topological polar surface area (TPSA) is 57.5 Å². The van der Waals surface area contributed by atoms with Crippen LogP contribution in [0.2, 0.25) is 0 Å². The van der Waals surface area contributed by atoms with Gasteiger partial charge < -0.3 is 10.2 Å². The van der Waals surface area contributed by atoms with E-state index in [0.717, 1.165) is 32.1 Å². The molecule has 2 rings (SSSR count). The van der Waals surface area contributed by atoms with Crippen LogP contribution in [0.4, 0.5) is 0 Å². The van der Waals surface area contributed by atoms with E-state index in [0.29, 0.717) is 31.3 Å². The van der Waals surface area contributed by atoms with Crippen LogP contribution in [0.15, 0.2) is 11.3 Å². The third-order valence-electron chi connectivity index (χ3n) is 3.85. The van der Waals surface area contributed by atoms with Gasteiger partial charge in [0.15, 0.2) is 5.78 Å². The first kappa shape index (κ1) is 11.6. The predicted octanol–water partition coefficient (Wildman–Crippen LogP) is 2.64. The van der Waals surface area contributed by atoms with E-state index in [-0.39, 0.29) is 11.5 Å². The Bertz CT molecular complexity index is 319. The van der Waals surface area contributed by atoms with Gasteiger partial charge in [0.25, 0.3) is 0 Å². The molecular weight excluding hydrogens is 204 g/mol. The zero-order valence-electron chi connectivity index (χ0n) is 9.67. The highest BCUT2D eigenvalue weighted by molar-refractivity contribution is 5.97. The van der Waals surface area contributed by atoms with Crippen molar-refractivity contribution >= 4 is 5.78 Å². The maximum absolute atomic E-state index is 11.7. The van der Waals surface area contributed by atoms with Crippen molar-refractivity contribution in [3.63, 3.8) is 0 Å². The lowest BCUT2D eigenvalue weighted by Crippen LogP contribution is -2.37. The molecule has 2 bridgehead atoms. The molecule has 3 nitrogen and oxygen atoms in total. The Hall–Kier alpha value is -0.830. The number of hydrogen-bond acceptors (Lipinski definition) is 3. The number of Topliss-reactive ketones (excluding diaryl/α,β-unsaturated/α-hetero) is 1. The lowest BCUT2D eigenvalue weighted by Gasteiger charge is -2.33. The highest BCUT2D eigenvalue weighted by atomic mass is 16.3. The molecule has 0 spiro atoms. The summed E-state index contributed by atoms with van der Waals surface area (Å²) in [7, 11) is 0. The Balaban J connectivity index is 2.29. The van der Waals surface area contributed by atoms with Gasteiger partial charge in [-0.3, -0.25) is 4.79 Å². The average molecular weight is 224 g/mol. The molecule has 0 aliphatic heterocycles. The first-order chi connectivity index (χ1) is 7.63. The number of carbonyl (C=O) groups excluding carboxylic acids is 1. The summed E-state index contributed by atoms with van der Waals surface area (Å²) in [6.07, 6.45) is 7.27. The number of hydrogen-bond donors (Lipinski definition) is 2. The molecular formula is C13H20O3. The van der Waals surface area contributed by atoms with E-state index >= 15 is 0 Å². The number of allylic oxidation sites excluding steroid dienone is 1. The van der Waals surface area contributed by atoms with Gasteiger partial charge in [0, 0.05) is 12.0 Å². The molecule has 0 saturated heterocycles. The van der Waals surface area contributed by atoms with E-state index in [2.05, 4.69) is 0 Å². The van der Waals surface area contributed by atoms with Crippen molar-refractivity contribution in [2.75, 3.05) is 0 Å². The summed E-state index contributed by atoms with van der Waals surface area (Å²) in [4.78, 5) is 11.7. The maximum atomic E-state index is 11.7. The van der Waals surface area contributed by atoms with Crippen LogP contribution in [-0.4, -0.2) is 21.6 Å². The lowest BCUT2D eigenvalue weighted by molar-refractivity contribution is -0.119. The summed E-state index contributed by atoms with van der Waals surface area (Å²) in [5.41, 5.74) is -0.615. The van der Waals surface area contributed by atoms with Crippen molar-refractivity contribution in [3.8, 4) is 0 Å². The van der Waals surface area contributed by atoms with E-state index in [9.17, 15) is 15.0 Å². The van der Waals surface area contributed by atoms with Gasteiger partial charge in [-0.25, -0.2) is 0 Å². The van der Waals surface area contributed by atoms with Gasteiger partial charge in [-0.15, -0.1) is 0 Å². The average Bonchev–Trinajstić information content (AvgIpc) is 2.26. The zero-order valence-corrected chi connectivity index (χ0v) is 9.67. The molecule has 0 fully saturated rings. The molecule has 90 valence electrons. The predicted molar refractivity (Wildman–Crippen MR) is 61.2 cm³/mol. The normalized spacial score (nSPS) is 32.7. The second-order valence-electron chi connectivity index (χ2n) is 5.05. The highest BCUT2D eigenvalue weighted by Crippen LogP contribution is 2.37. The van der Waals surface area contributed by atoms with Crippen LogP contribution in [0.5, 0.6) is 0 Å². The van der Waals surface area contributed by atoms with Gasteiger partial charge in [0.2, 0.25) is 0 Å². The van der Waals surface area contributed by atoms with E-state index in [1.54, 1.807) is 0 Å². The van der Waals surface area contributed by atoms with Crippen molar-refractivity contribution in [1.82, 2.24) is 0 Å². The van der Waals surface area contributed by atoms with Crippen LogP contribution >= 0.6 is 0 Å². The second-order valence-corrected chi connectivity index (χ2v) is 5.05. The number of rotatable bonds is 0. The molecule has 0 amide bonds. The minimum absolute atomic E-state index is 0.0225. The van der Waals surface area contributed by atoms with Crippen LogP contribution in [0.1, 0.15) is 57.8 Å². The van der Waals surface area contributed by atoms with Crippen LogP contribution in [-0.2, 0) is 4.79 Å². The van der Waals surface area contributed by atoms with Crippen molar-refractivity contribution in [1.29, 1.82) is 0 Å². The van der Waals surface area contributed by atoms with Crippen LogP contribution < -0.4 is 0 Å². The molecule has 1 atom stereocenters. The van der Waals surface area contributed by atoms with Gasteiger partial charge >= 0.3 is 0 Å². The van der Waals surface area contributed by atoms with E-state index < -0.39 is 5.60 Å². The van der Waals surface area contributed by atoms with Crippen molar-refractivity contribution < 1.29 is 15.0 Å². The SMILES string of the molecule is O=C1CCC2(O)CCCCCCCC1=C2O. The van der Waals surface area contributed by atoms with Gasteiger partial charge in [0.1, 0.15) is 11.4 Å². The first-order valence-corrected chi connectivity index (χ1v) is 6.32. The Morgan fingerprint density at radius 2 is 1.62 bits per heavy atom. The quantitative estimate of drug-likeness (QED) is 0.665. The zero-order chi connectivity index (χ0) is 11.6. The molecule has 2 aliphatic carbocycles. The van der Waals surface area contributed by atoms with Crippen molar-refractivity contribution in [2.24, 2.45) is 0 Å². The number of fused-ring (bicyclic) bond motifs is 1. The van der Waals surface area contributed by atoms with Crippen molar-refractivity contribution in [2.45, 2.75) is 63.4 Å². The summed E-state index contributed by atoms with van der Waals surface area (Å²) < 4.78 is 0. The molecule has 0 aromatic carbocycles. The largest absolute Gasteiger partial charge is 0.509 e. The molecule has 3 heteroatoms. The standard InChI is InChI=1S/C13H20O3/c14-11-7-9-13(16)8-5-3-1-2-4-6-10(11)12(13)15/h15-16H,1-9H2. The molecule has 0 heterocycles. The minimum atomic E-state index is -1.11. The summed E-state index contributed by atoms with van der Waals surface area (Å²) in [6, 6.07) is 0. The second kappa shape index (κ2) is 4.58. The number of ketones is 1. The highest BCUT2D eigenvalue weighted by Gasteiger charge is 2.39. The van der Waals surface area contributed by atoms with E-state index in [1.807, 2.05) is 0 Å². The fourth-order valence-electron chi connectivity index (χ4n) is 2.75. The molecule has 0 aromatic heterocycles. The number of carbonyl (C=O) groups is 1. The fourth-order valence-corrected chi connectivity index (χ4v) is 2.75. The summed E-state index contributed by atoms with van der Waals surface area (Å²) in [6.45, 7) is 0. The first-order valence-electron chi connectivity index (χ1n) is 6.32. The monoisotopic (exact) mass is 224 g/mol. The van der Waals surface area contributed by atoms with E-state index in [1.165, 1.54) is 0 Å². The summed E-state index contributed by atoms with van der Waals surface area (Å²) >= 11 is 0. The molecule has 0 saturated carbocycles. The van der Waals surface area contributed by atoms with Crippen LogP contribution in [0.25, 0.3) is 0 Å². The van der Waals surface area contributed by atoms with Gasteiger partial charge in [-0.2, -0.15) is 0 Å². The molecule has 2 aliphatic rings. The Labute approximate surface area is 96.2 Å². The lowest BCUT2D eigenvalue weighted by atomic mass is 9.78. The van der Waals surface area contributed by atoms with Gasteiger partial charge in [-0.1, -0.05) is 25.7 Å². The molecule has 0 aromatic rings. The Kier molecular flexibility index (Phi) is 3.33. The molecule has 16 heavy (non-hydrogen) atoms. The Morgan fingerprint density at radius 3 is 2.44 bits per heavy atom. The Morgan fingerprint density at radius 1 is 0.938 bits per heavy atom. The molecule has 1 unspecified atom stereocenters. The third kappa shape index (κ3) is 2.14. The van der Waals surface area contributed by atoms with Crippen LogP contribution in [0.3, 0.4) is 0 Å². The van der Waals surface area contributed by atoms with E-state index in [4.69, 9.17) is 0 Å². The third-order valence-corrected chi connectivity index (χ3v) is 3.85. The smallest absolute Gasteiger partial charge is 0.162 e. The minimum Gasteiger partial charge on any atom is -0.509 e. The molecule has 0 radical (unpaired) electrons. The van der Waals surface area contributed by atoms with Gasteiger partial charge in [-0.05, 0) is 25.7 Å². The van der Waals surface area contributed by atoms with Crippen LogP contribution in [0, 0.1) is 0 Å². The van der Waals surface area contributed by atoms with Crippen molar-refractivity contribution in [3.05, 3.63) is 11.3 Å². The van der Waals surface area contributed by atoms with Gasteiger partial charge in [0.05, 0.1) is 0 Å². The number of aliphatic hydroxyl groups is 2. The molecule has 2 N–H and O–H groups in total.